The monoisotopic (exact) mass is 417 g/mol. The highest BCUT2D eigenvalue weighted by Crippen LogP contribution is 2.25. The first-order valence-corrected chi connectivity index (χ1v) is 8.60. The summed E-state index contributed by atoms with van der Waals surface area (Å²) in [6.07, 6.45) is 0.841. The Morgan fingerprint density at radius 3 is 1.96 bits per heavy atom. The van der Waals surface area contributed by atoms with Crippen LogP contribution in [-0.2, 0) is 4.79 Å². The van der Waals surface area contributed by atoms with Crippen LogP contribution in [0, 0.1) is 11.3 Å². The molecule has 1 rings (SSSR count). The number of hydrogen-bond donors (Lipinski definition) is 1. The van der Waals surface area contributed by atoms with E-state index in [1.165, 1.54) is 0 Å². The zero-order valence-corrected chi connectivity index (χ0v) is 18.5. The van der Waals surface area contributed by atoms with Gasteiger partial charge in [0.05, 0.1) is 34.3 Å². The van der Waals surface area contributed by atoms with Crippen molar-refractivity contribution in [2.45, 2.75) is 40.0 Å². The maximum Gasteiger partial charge on any atom is 0.0854 e. The van der Waals surface area contributed by atoms with Crippen LogP contribution in [0.4, 0.5) is 0 Å². The standard InChI is InChI=1S/C12H16O2.C8H20NO.BrH/c1-3-9(2)11(12(13)14)10-7-5-4-6-8-10;1-8(2,7-10)6-9(3,4)5;/h4-9,11H,3H2,1-2H3,(H,13,14);10H,6-7H2,1-5H3;1H/q;+1;/p-1. The van der Waals surface area contributed by atoms with Gasteiger partial charge in [-0.3, -0.25) is 0 Å². The Balaban J connectivity index is 0. The molecule has 0 heterocycles. The lowest BCUT2D eigenvalue weighted by Gasteiger charge is -2.32. The maximum absolute atomic E-state index is 11.0. The molecule has 2 unspecified atom stereocenters. The van der Waals surface area contributed by atoms with Crippen molar-refractivity contribution < 1.29 is 19.5 Å². The summed E-state index contributed by atoms with van der Waals surface area (Å²) in [5.41, 5.74) is 0.889. The Labute approximate surface area is 164 Å². The first kappa shape index (κ1) is 26.3. The number of carbonyl (C=O) groups excluding carboxylic acids is 1. The minimum atomic E-state index is -0.981. The van der Waals surface area contributed by atoms with Crippen molar-refractivity contribution in [1.82, 2.24) is 0 Å². The summed E-state index contributed by atoms with van der Waals surface area (Å²) in [4.78, 5) is 11.0. The van der Waals surface area contributed by atoms with Crippen LogP contribution in [0.15, 0.2) is 30.3 Å². The smallest absolute Gasteiger partial charge is 0.0854 e. The molecule has 0 aliphatic rings. The lowest BCUT2D eigenvalue weighted by molar-refractivity contribution is -0.877. The molecule has 0 fully saturated rings. The second kappa shape index (κ2) is 11.7. The lowest BCUT2D eigenvalue weighted by Crippen LogP contribution is -2.44. The van der Waals surface area contributed by atoms with E-state index >= 15 is 0 Å². The zero-order chi connectivity index (χ0) is 19.0. The van der Waals surface area contributed by atoms with Crippen molar-refractivity contribution in [2.24, 2.45) is 11.3 Å². The highest BCUT2D eigenvalue weighted by atomic mass is 79.9. The lowest BCUT2D eigenvalue weighted by atomic mass is 9.86. The van der Waals surface area contributed by atoms with Gasteiger partial charge < -0.3 is 19.5 Å². The van der Waals surface area contributed by atoms with Crippen molar-refractivity contribution in [3.63, 3.8) is 0 Å². The second-order valence-electron chi connectivity index (χ2n) is 8.36. The molecular formula is C20H36BrNO3. The quantitative estimate of drug-likeness (QED) is 0.693. The number of carboxylic acid groups (broad SMARTS) is 1. The molecule has 0 spiro atoms. The number of quaternary nitrogens is 1. The molecule has 0 aliphatic heterocycles. The van der Waals surface area contributed by atoms with Crippen LogP contribution < -0.4 is 5.11 Å². The van der Waals surface area contributed by atoms with E-state index in [9.17, 15) is 9.90 Å². The molecule has 0 saturated heterocycles. The van der Waals surface area contributed by atoms with Gasteiger partial charge in [0.1, 0.15) is 0 Å². The summed E-state index contributed by atoms with van der Waals surface area (Å²) >= 11 is 0. The van der Waals surface area contributed by atoms with Gasteiger partial charge in [-0.2, -0.15) is 0 Å². The van der Waals surface area contributed by atoms with E-state index in [4.69, 9.17) is 5.11 Å². The van der Waals surface area contributed by atoms with Gasteiger partial charge in [0.25, 0.3) is 0 Å². The van der Waals surface area contributed by atoms with Crippen LogP contribution in [0.25, 0.3) is 0 Å². The summed E-state index contributed by atoms with van der Waals surface area (Å²) in [7, 11) is 6.41. The molecular weight excluding hydrogens is 382 g/mol. The predicted octanol–water partition coefficient (Wildman–Crippen LogP) is 2.86. The van der Waals surface area contributed by atoms with Gasteiger partial charge in [0.15, 0.2) is 0 Å². The third kappa shape index (κ3) is 11.3. The summed E-state index contributed by atoms with van der Waals surface area (Å²) in [6, 6.07) is 9.27. The van der Waals surface area contributed by atoms with Crippen molar-refractivity contribution >= 4 is 23.0 Å². The largest absolute Gasteiger partial charge is 0.549 e. The predicted molar refractivity (Wildman–Crippen MR) is 108 cm³/mol. The minimum Gasteiger partial charge on any atom is -0.549 e. The van der Waals surface area contributed by atoms with E-state index in [-0.39, 0.29) is 34.9 Å². The van der Waals surface area contributed by atoms with Gasteiger partial charge in [0.2, 0.25) is 0 Å². The van der Waals surface area contributed by atoms with Crippen molar-refractivity contribution in [2.75, 3.05) is 34.3 Å². The molecule has 1 aromatic rings. The molecule has 0 bridgehead atoms. The number of benzene rings is 1. The van der Waals surface area contributed by atoms with E-state index in [0.717, 1.165) is 23.0 Å². The van der Waals surface area contributed by atoms with Crippen molar-refractivity contribution in [3.8, 4) is 0 Å². The molecule has 0 saturated carbocycles. The van der Waals surface area contributed by atoms with Crippen LogP contribution in [0.1, 0.15) is 45.6 Å². The Hall–Kier alpha value is -0.910. The molecule has 1 aromatic carbocycles. The van der Waals surface area contributed by atoms with Crippen LogP contribution in [0.3, 0.4) is 0 Å². The fourth-order valence-corrected chi connectivity index (χ4v) is 2.93. The van der Waals surface area contributed by atoms with Gasteiger partial charge in [-0.05, 0) is 11.5 Å². The maximum atomic E-state index is 11.0. The summed E-state index contributed by atoms with van der Waals surface area (Å²) in [6.45, 7) is 9.36. The second-order valence-corrected chi connectivity index (χ2v) is 8.36. The number of aliphatic hydroxyl groups excluding tert-OH is 1. The molecule has 0 radical (unpaired) electrons. The van der Waals surface area contributed by atoms with Gasteiger partial charge in [-0.25, -0.2) is 0 Å². The molecule has 0 aromatic heterocycles. The zero-order valence-electron chi connectivity index (χ0n) is 16.8. The van der Waals surface area contributed by atoms with Gasteiger partial charge >= 0.3 is 0 Å². The molecule has 4 nitrogen and oxygen atoms in total. The summed E-state index contributed by atoms with van der Waals surface area (Å²) < 4.78 is 0.910. The fourth-order valence-electron chi connectivity index (χ4n) is 2.93. The molecule has 1 N–H and O–H groups in total. The first-order valence-electron chi connectivity index (χ1n) is 8.60. The Kier molecular flexibility index (Phi) is 12.3. The van der Waals surface area contributed by atoms with Crippen LogP contribution in [0.5, 0.6) is 0 Å². The van der Waals surface area contributed by atoms with E-state index in [1.807, 2.05) is 44.2 Å². The first-order chi connectivity index (χ1) is 10.9. The number of rotatable bonds is 7. The number of aliphatic carboxylic acids is 1. The van der Waals surface area contributed by atoms with Gasteiger partial charge in [-0.15, -0.1) is 17.0 Å². The van der Waals surface area contributed by atoms with Gasteiger partial charge in [0, 0.05) is 17.3 Å². The average Bonchev–Trinajstić information content (AvgIpc) is 2.46. The van der Waals surface area contributed by atoms with E-state index < -0.39 is 11.9 Å². The third-order valence-electron chi connectivity index (χ3n) is 3.96. The van der Waals surface area contributed by atoms with Crippen LogP contribution >= 0.6 is 17.0 Å². The van der Waals surface area contributed by atoms with Crippen LogP contribution in [0.2, 0.25) is 0 Å². The van der Waals surface area contributed by atoms with Crippen molar-refractivity contribution in [1.29, 1.82) is 0 Å². The summed E-state index contributed by atoms with van der Waals surface area (Å²) in [5, 5.41) is 19.9. The molecule has 0 aliphatic carbocycles. The number of carboxylic acids is 1. The van der Waals surface area contributed by atoms with E-state index in [1.54, 1.807) is 0 Å². The SMILES string of the molecule is Br.CC(C)(CO)C[N+](C)(C)C.CCC(C)C(C(=O)[O-])c1ccccc1. The Morgan fingerprint density at radius 2 is 1.68 bits per heavy atom. The fraction of sp³-hybridized carbons (Fsp3) is 0.650. The number of aliphatic hydroxyl groups is 1. The van der Waals surface area contributed by atoms with E-state index in [0.29, 0.717) is 0 Å². The van der Waals surface area contributed by atoms with Crippen molar-refractivity contribution in [3.05, 3.63) is 35.9 Å². The van der Waals surface area contributed by atoms with Gasteiger partial charge in [-0.1, -0.05) is 64.4 Å². The van der Waals surface area contributed by atoms with Crippen LogP contribution in [-0.4, -0.2) is 49.9 Å². The Morgan fingerprint density at radius 1 is 1.20 bits per heavy atom. The summed E-state index contributed by atoms with van der Waals surface area (Å²) in [5.74, 6) is -1.35. The molecule has 5 heteroatoms. The Bertz CT molecular complexity index is 483. The number of carbonyl (C=O) groups is 1. The number of nitrogens with zero attached hydrogens (tertiary/aromatic N) is 1. The van der Waals surface area contributed by atoms with E-state index in [2.05, 4.69) is 35.0 Å². The minimum absolute atomic E-state index is 0. The molecule has 2 atom stereocenters. The molecule has 146 valence electrons. The average molecular weight is 418 g/mol. The highest BCUT2D eigenvalue weighted by Gasteiger charge is 2.24. The molecule has 0 amide bonds. The highest BCUT2D eigenvalue weighted by molar-refractivity contribution is 8.93. The topological polar surface area (TPSA) is 60.4 Å². The molecule has 25 heavy (non-hydrogen) atoms. The normalized spacial score (nSPS) is 13.8. The third-order valence-corrected chi connectivity index (χ3v) is 3.96. The number of hydrogen-bond acceptors (Lipinski definition) is 3. The number of halogens is 1.